The summed E-state index contributed by atoms with van der Waals surface area (Å²) in [5.74, 6) is 0.612. The van der Waals surface area contributed by atoms with Crippen LogP contribution in [0.5, 0.6) is 0 Å². The Morgan fingerprint density at radius 3 is 2.62 bits per heavy atom. The molecule has 1 amide bonds. The van der Waals surface area contributed by atoms with Crippen LogP contribution in [0.25, 0.3) is 0 Å². The summed E-state index contributed by atoms with van der Waals surface area (Å²) < 4.78 is 0. The number of rotatable bonds is 2. The molecule has 0 saturated heterocycles. The first-order valence-corrected chi connectivity index (χ1v) is 4.06. The molecule has 0 fully saturated rings. The van der Waals surface area contributed by atoms with Crippen LogP contribution in [0.3, 0.4) is 0 Å². The molecule has 0 aromatic carbocycles. The van der Waals surface area contributed by atoms with E-state index in [9.17, 15) is 4.79 Å². The van der Waals surface area contributed by atoms with Crippen molar-refractivity contribution in [3.05, 3.63) is 23.4 Å². The highest BCUT2D eigenvalue weighted by molar-refractivity contribution is 5.94. The molecule has 70 valence electrons. The minimum Gasteiger partial charge on any atom is -0.373 e. The number of aryl methyl sites for hydroxylation is 1. The van der Waals surface area contributed by atoms with Crippen molar-refractivity contribution in [2.75, 3.05) is 19.4 Å². The quantitative estimate of drug-likeness (QED) is 0.705. The number of hydrogen-bond donors (Lipinski definition) is 2. The zero-order valence-electron chi connectivity index (χ0n) is 8.01. The lowest BCUT2D eigenvalue weighted by atomic mass is 10.2. The number of amides is 1. The summed E-state index contributed by atoms with van der Waals surface area (Å²) >= 11 is 0. The predicted octanol–water partition coefficient (Wildman–Crippen LogP) is 0.791. The van der Waals surface area contributed by atoms with Crippen molar-refractivity contribution in [3.63, 3.8) is 0 Å². The molecule has 0 unspecified atom stereocenters. The van der Waals surface area contributed by atoms with Gasteiger partial charge >= 0.3 is 0 Å². The second-order valence-electron chi connectivity index (χ2n) is 2.71. The number of nitrogens with one attached hydrogen (secondary N) is 2. The van der Waals surface area contributed by atoms with Gasteiger partial charge in [0.15, 0.2) is 0 Å². The van der Waals surface area contributed by atoms with Gasteiger partial charge in [0, 0.05) is 25.4 Å². The minimum absolute atomic E-state index is 0.0954. The topological polar surface area (TPSA) is 54.0 Å². The van der Waals surface area contributed by atoms with Gasteiger partial charge in [-0.1, -0.05) is 0 Å². The van der Waals surface area contributed by atoms with Crippen LogP contribution in [0.15, 0.2) is 12.1 Å². The van der Waals surface area contributed by atoms with E-state index in [4.69, 9.17) is 0 Å². The SMILES string of the molecule is CNC(=O)c1cc(C)nc(NC)c1. The molecule has 1 aromatic heterocycles. The Hall–Kier alpha value is -1.58. The first-order chi connectivity index (χ1) is 6.17. The number of aromatic nitrogens is 1. The van der Waals surface area contributed by atoms with Gasteiger partial charge in [0.05, 0.1) is 0 Å². The van der Waals surface area contributed by atoms with E-state index < -0.39 is 0 Å². The summed E-state index contributed by atoms with van der Waals surface area (Å²) in [5, 5.41) is 5.46. The van der Waals surface area contributed by atoms with Crippen molar-refractivity contribution >= 4 is 11.7 Å². The number of nitrogens with zero attached hydrogens (tertiary/aromatic N) is 1. The van der Waals surface area contributed by atoms with Crippen molar-refractivity contribution in [1.29, 1.82) is 0 Å². The van der Waals surface area contributed by atoms with E-state index in [0.717, 1.165) is 5.69 Å². The summed E-state index contributed by atoms with van der Waals surface area (Å²) in [4.78, 5) is 15.4. The van der Waals surface area contributed by atoms with Crippen LogP contribution < -0.4 is 10.6 Å². The van der Waals surface area contributed by atoms with Crippen molar-refractivity contribution in [1.82, 2.24) is 10.3 Å². The molecule has 1 aromatic rings. The Morgan fingerprint density at radius 1 is 1.38 bits per heavy atom. The second-order valence-corrected chi connectivity index (χ2v) is 2.71. The fraction of sp³-hybridized carbons (Fsp3) is 0.333. The van der Waals surface area contributed by atoms with E-state index in [2.05, 4.69) is 15.6 Å². The maximum atomic E-state index is 11.3. The summed E-state index contributed by atoms with van der Waals surface area (Å²) in [6.07, 6.45) is 0. The van der Waals surface area contributed by atoms with Gasteiger partial charge in [-0.15, -0.1) is 0 Å². The number of anilines is 1. The van der Waals surface area contributed by atoms with Crippen LogP contribution in [0.4, 0.5) is 5.82 Å². The molecule has 0 atom stereocenters. The van der Waals surface area contributed by atoms with E-state index in [1.807, 2.05) is 6.92 Å². The first-order valence-electron chi connectivity index (χ1n) is 4.06. The third-order valence-corrected chi connectivity index (χ3v) is 1.70. The van der Waals surface area contributed by atoms with Gasteiger partial charge < -0.3 is 10.6 Å². The van der Waals surface area contributed by atoms with E-state index in [1.54, 1.807) is 26.2 Å². The van der Waals surface area contributed by atoms with Crippen LogP contribution in [-0.2, 0) is 0 Å². The predicted molar refractivity (Wildman–Crippen MR) is 51.9 cm³/mol. The van der Waals surface area contributed by atoms with Gasteiger partial charge in [0.2, 0.25) is 0 Å². The Labute approximate surface area is 77.4 Å². The lowest BCUT2D eigenvalue weighted by molar-refractivity contribution is 0.0963. The number of hydrogen-bond acceptors (Lipinski definition) is 3. The van der Waals surface area contributed by atoms with Gasteiger partial charge in [-0.25, -0.2) is 4.98 Å². The molecule has 0 aliphatic rings. The molecule has 0 radical (unpaired) electrons. The zero-order valence-corrected chi connectivity index (χ0v) is 8.01. The first kappa shape index (κ1) is 9.51. The lowest BCUT2D eigenvalue weighted by Gasteiger charge is -2.04. The maximum Gasteiger partial charge on any atom is 0.251 e. The highest BCUT2D eigenvalue weighted by Crippen LogP contribution is 2.08. The molecule has 0 spiro atoms. The third-order valence-electron chi connectivity index (χ3n) is 1.70. The Morgan fingerprint density at radius 2 is 2.08 bits per heavy atom. The van der Waals surface area contributed by atoms with E-state index in [0.29, 0.717) is 11.4 Å². The monoisotopic (exact) mass is 179 g/mol. The van der Waals surface area contributed by atoms with E-state index >= 15 is 0 Å². The summed E-state index contributed by atoms with van der Waals surface area (Å²) in [6, 6.07) is 3.46. The highest BCUT2D eigenvalue weighted by atomic mass is 16.1. The fourth-order valence-corrected chi connectivity index (χ4v) is 1.07. The van der Waals surface area contributed by atoms with Crippen molar-refractivity contribution in [2.24, 2.45) is 0 Å². The van der Waals surface area contributed by atoms with Crippen LogP contribution in [0, 0.1) is 6.92 Å². The molecular formula is C9H13N3O. The average molecular weight is 179 g/mol. The van der Waals surface area contributed by atoms with Gasteiger partial charge in [-0.3, -0.25) is 4.79 Å². The van der Waals surface area contributed by atoms with Crippen molar-refractivity contribution < 1.29 is 4.79 Å². The van der Waals surface area contributed by atoms with Crippen LogP contribution >= 0.6 is 0 Å². The highest BCUT2D eigenvalue weighted by Gasteiger charge is 2.05. The summed E-state index contributed by atoms with van der Waals surface area (Å²) in [7, 11) is 3.38. The molecule has 4 nitrogen and oxygen atoms in total. The number of carbonyl (C=O) groups excluding carboxylic acids is 1. The van der Waals surface area contributed by atoms with Crippen LogP contribution in [-0.4, -0.2) is 25.0 Å². The zero-order chi connectivity index (χ0) is 9.84. The molecule has 1 rings (SSSR count). The fourth-order valence-electron chi connectivity index (χ4n) is 1.07. The Bertz CT molecular complexity index is 323. The summed E-state index contributed by atoms with van der Waals surface area (Å²) in [5.41, 5.74) is 1.45. The standard InChI is InChI=1S/C9H13N3O/c1-6-4-7(9(13)11-3)5-8(10-2)12-6/h4-5H,1-3H3,(H,10,12)(H,11,13). The van der Waals surface area contributed by atoms with E-state index in [-0.39, 0.29) is 5.91 Å². The second kappa shape index (κ2) is 3.89. The smallest absolute Gasteiger partial charge is 0.251 e. The molecular weight excluding hydrogens is 166 g/mol. The maximum absolute atomic E-state index is 11.3. The molecule has 4 heteroatoms. The normalized spacial score (nSPS) is 9.46. The molecule has 0 saturated carbocycles. The number of pyridine rings is 1. The molecule has 13 heavy (non-hydrogen) atoms. The van der Waals surface area contributed by atoms with Gasteiger partial charge in [-0.05, 0) is 19.1 Å². The van der Waals surface area contributed by atoms with E-state index in [1.165, 1.54) is 0 Å². The lowest BCUT2D eigenvalue weighted by Crippen LogP contribution is -2.18. The molecule has 0 aliphatic carbocycles. The largest absolute Gasteiger partial charge is 0.373 e. The molecule has 2 N–H and O–H groups in total. The van der Waals surface area contributed by atoms with Gasteiger partial charge in [0.25, 0.3) is 5.91 Å². The minimum atomic E-state index is -0.0954. The van der Waals surface area contributed by atoms with Gasteiger partial charge in [-0.2, -0.15) is 0 Å². The third kappa shape index (κ3) is 2.18. The van der Waals surface area contributed by atoms with Crippen molar-refractivity contribution in [2.45, 2.75) is 6.92 Å². The Kier molecular flexibility index (Phi) is 2.84. The number of carbonyl (C=O) groups is 1. The Balaban J connectivity index is 3.08. The van der Waals surface area contributed by atoms with Gasteiger partial charge in [0.1, 0.15) is 5.82 Å². The average Bonchev–Trinajstić information content (AvgIpc) is 2.15. The molecule has 0 bridgehead atoms. The summed E-state index contributed by atoms with van der Waals surface area (Å²) in [6.45, 7) is 1.85. The molecule has 0 aliphatic heterocycles. The molecule has 1 heterocycles. The van der Waals surface area contributed by atoms with Crippen molar-refractivity contribution in [3.8, 4) is 0 Å². The van der Waals surface area contributed by atoms with Crippen LogP contribution in [0.1, 0.15) is 16.1 Å². The van der Waals surface area contributed by atoms with Crippen LogP contribution in [0.2, 0.25) is 0 Å².